The van der Waals surface area contributed by atoms with Gasteiger partial charge in [-0.05, 0) is 31.2 Å². The number of para-hydroxylation sites is 2. The molecule has 1 aliphatic rings. The number of amides is 1. The van der Waals surface area contributed by atoms with Gasteiger partial charge in [0.2, 0.25) is 0 Å². The zero-order valence-electron chi connectivity index (χ0n) is 16.2. The normalized spacial score (nSPS) is 14.8. The topological polar surface area (TPSA) is 105 Å². The summed E-state index contributed by atoms with van der Waals surface area (Å²) >= 11 is 0. The van der Waals surface area contributed by atoms with Gasteiger partial charge in [0, 0.05) is 11.3 Å². The zero-order chi connectivity index (χ0) is 21.1. The minimum absolute atomic E-state index is 0.0342. The van der Waals surface area contributed by atoms with Crippen molar-refractivity contribution in [3.63, 3.8) is 0 Å². The molecular weight excluding hydrogens is 384 g/mol. The van der Waals surface area contributed by atoms with Crippen LogP contribution in [0, 0.1) is 0 Å². The van der Waals surface area contributed by atoms with Gasteiger partial charge in [0.25, 0.3) is 5.91 Å². The molecule has 30 heavy (non-hydrogen) atoms. The highest BCUT2D eigenvalue weighted by Gasteiger charge is 2.30. The van der Waals surface area contributed by atoms with E-state index in [1.165, 1.54) is 6.20 Å². The van der Waals surface area contributed by atoms with Gasteiger partial charge in [-0.2, -0.15) is 5.10 Å². The van der Waals surface area contributed by atoms with Crippen LogP contribution in [0.15, 0.2) is 72.6 Å². The molecule has 0 aliphatic carbocycles. The first-order valence-corrected chi connectivity index (χ1v) is 9.46. The minimum Gasteiger partial charge on any atom is -0.494 e. The Bertz CT molecular complexity index is 1120. The fourth-order valence-electron chi connectivity index (χ4n) is 3.34. The van der Waals surface area contributed by atoms with E-state index >= 15 is 0 Å². The van der Waals surface area contributed by atoms with E-state index in [4.69, 9.17) is 4.74 Å². The Morgan fingerprint density at radius 3 is 2.63 bits per heavy atom. The van der Waals surface area contributed by atoms with Crippen molar-refractivity contribution in [3.05, 3.63) is 83.7 Å². The summed E-state index contributed by atoms with van der Waals surface area (Å²) in [7, 11) is 0. The lowest BCUT2D eigenvalue weighted by molar-refractivity contribution is -0.132. The molecule has 4 rings (SSSR count). The van der Waals surface area contributed by atoms with Gasteiger partial charge in [0.15, 0.2) is 0 Å². The smallest absolute Gasteiger partial charge is 0.352 e. The average molecular weight is 404 g/mol. The molecule has 0 radical (unpaired) electrons. The number of carboxylic acid groups (broad SMARTS) is 1. The lowest BCUT2D eigenvalue weighted by atomic mass is 10.0. The Morgan fingerprint density at radius 2 is 1.90 bits per heavy atom. The van der Waals surface area contributed by atoms with Crippen molar-refractivity contribution in [1.82, 2.24) is 9.78 Å². The van der Waals surface area contributed by atoms with Crippen LogP contribution in [0.2, 0.25) is 0 Å². The van der Waals surface area contributed by atoms with E-state index < -0.39 is 17.9 Å². The minimum atomic E-state index is -1.13. The number of benzene rings is 2. The first-order chi connectivity index (χ1) is 14.6. The van der Waals surface area contributed by atoms with Crippen LogP contribution in [0.1, 0.15) is 28.9 Å². The maximum Gasteiger partial charge on any atom is 0.352 e. The van der Waals surface area contributed by atoms with Crippen molar-refractivity contribution in [2.75, 3.05) is 17.2 Å². The summed E-state index contributed by atoms with van der Waals surface area (Å²) < 4.78 is 7.30. The summed E-state index contributed by atoms with van der Waals surface area (Å²) in [6, 6.07) is 15.8. The summed E-state index contributed by atoms with van der Waals surface area (Å²) in [6.07, 6.45) is 2.98. The fourth-order valence-corrected chi connectivity index (χ4v) is 3.34. The molecule has 3 aromatic rings. The quantitative estimate of drug-likeness (QED) is 0.581. The van der Waals surface area contributed by atoms with Crippen molar-refractivity contribution >= 4 is 23.4 Å². The number of anilines is 2. The number of ether oxygens (including phenoxy) is 1. The van der Waals surface area contributed by atoms with Crippen LogP contribution in [0.25, 0.3) is 0 Å². The van der Waals surface area contributed by atoms with E-state index in [-0.39, 0.29) is 11.3 Å². The number of hydrogen-bond donors (Lipinski definition) is 3. The summed E-state index contributed by atoms with van der Waals surface area (Å²) in [5, 5.41) is 19.6. The van der Waals surface area contributed by atoms with E-state index in [1.807, 2.05) is 49.4 Å². The number of aromatic nitrogens is 2. The summed E-state index contributed by atoms with van der Waals surface area (Å²) in [5.74, 6) is -0.585. The standard InChI is InChI=1S/C22H20N4O4/c1-2-30-19-11-7-6-10-15(19)18-12-17(22(28)29)25-20-16(13-23-26(18)20)21(27)24-14-8-4-3-5-9-14/h3-13,18,25H,2H2,1H3,(H,24,27)(H,28,29)/t18-/m1/s1. The summed E-state index contributed by atoms with van der Waals surface area (Å²) in [4.78, 5) is 24.6. The maximum atomic E-state index is 12.8. The second-order valence-electron chi connectivity index (χ2n) is 6.60. The number of nitrogens with zero attached hydrogens (tertiary/aromatic N) is 2. The van der Waals surface area contributed by atoms with Crippen molar-refractivity contribution in [2.24, 2.45) is 0 Å². The summed E-state index contributed by atoms with van der Waals surface area (Å²) in [6.45, 7) is 2.34. The number of nitrogens with one attached hydrogen (secondary N) is 2. The molecule has 1 amide bonds. The van der Waals surface area contributed by atoms with Gasteiger partial charge >= 0.3 is 5.97 Å². The molecule has 3 N–H and O–H groups in total. The Hall–Kier alpha value is -4.07. The van der Waals surface area contributed by atoms with Gasteiger partial charge in [-0.1, -0.05) is 36.4 Å². The average Bonchev–Trinajstić information content (AvgIpc) is 3.19. The number of rotatable bonds is 6. The first kappa shape index (κ1) is 19.3. The first-order valence-electron chi connectivity index (χ1n) is 9.46. The Morgan fingerprint density at radius 1 is 1.17 bits per heavy atom. The van der Waals surface area contributed by atoms with E-state index in [2.05, 4.69) is 15.7 Å². The molecule has 0 spiro atoms. The molecule has 1 aliphatic heterocycles. The van der Waals surface area contributed by atoms with Gasteiger partial charge < -0.3 is 20.5 Å². The largest absolute Gasteiger partial charge is 0.494 e. The third-order valence-corrected chi connectivity index (χ3v) is 4.68. The fraction of sp³-hybridized carbons (Fsp3) is 0.136. The molecule has 0 unspecified atom stereocenters. The molecule has 0 bridgehead atoms. The monoisotopic (exact) mass is 404 g/mol. The lowest BCUT2D eigenvalue weighted by Crippen LogP contribution is -2.26. The van der Waals surface area contributed by atoms with Crippen molar-refractivity contribution in [3.8, 4) is 5.75 Å². The van der Waals surface area contributed by atoms with Crippen molar-refractivity contribution in [1.29, 1.82) is 0 Å². The Labute approximate surface area is 172 Å². The SMILES string of the molecule is CCOc1ccccc1[C@H]1C=C(C(=O)O)Nc2c(C(=O)Nc3ccccc3)cnn21. The predicted octanol–water partition coefficient (Wildman–Crippen LogP) is 3.52. The number of hydrogen-bond acceptors (Lipinski definition) is 5. The molecule has 1 atom stereocenters. The Balaban J connectivity index is 1.75. The number of aliphatic carboxylic acids is 1. The van der Waals surface area contributed by atoms with Crippen LogP contribution in [0.4, 0.5) is 11.5 Å². The molecule has 2 heterocycles. The number of fused-ring (bicyclic) bond motifs is 1. The number of carboxylic acids is 1. The van der Waals surface area contributed by atoms with Crippen LogP contribution in [0.5, 0.6) is 5.75 Å². The Kier molecular flexibility index (Phi) is 5.21. The van der Waals surface area contributed by atoms with E-state index in [9.17, 15) is 14.7 Å². The molecule has 152 valence electrons. The van der Waals surface area contributed by atoms with Gasteiger partial charge in [-0.3, -0.25) is 4.79 Å². The van der Waals surface area contributed by atoms with Gasteiger partial charge in [0.05, 0.1) is 12.8 Å². The van der Waals surface area contributed by atoms with Crippen LogP contribution in [-0.4, -0.2) is 33.4 Å². The van der Waals surface area contributed by atoms with Crippen LogP contribution in [-0.2, 0) is 4.79 Å². The number of allylic oxidation sites excluding steroid dienone is 1. The van der Waals surface area contributed by atoms with Crippen LogP contribution >= 0.6 is 0 Å². The van der Waals surface area contributed by atoms with Crippen LogP contribution in [0.3, 0.4) is 0 Å². The highest BCUT2D eigenvalue weighted by atomic mass is 16.5. The molecule has 0 saturated heterocycles. The molecule has 1 aromatic heterocycles. The number of carbonyl (C=O) groups is 2. The molecule has 2 aromatic carbocycles. The van der Waals surface area contributed by atoms with Crippen LogP contribution < -0.4 is 15.4 Å². The van der Waals surface area contributed by atoms with E-state index in [0.717, 1.165) is 5.56 Å². The van der Waals surface area contributed by atoms with E-state index in [1.54, 1.807) is 22.9 Å². The number of carbonyl (C=O) groups excluding carboxylic acids is 1. The van der Waals surface area contributed by atoms with Gasteiger partial charge in [0.1, 0.15) is 28.9 Å². The van der Waals surface area contributed by atoms with Crippen molar-refractivity contribution < 1.29 is 19.4 Å². The molecular formula is C22H20N4O4. The lowest BCUT2D eigenvalue weighted by Gasteiger charge is -2.25. The second-order valence-corrected chi connectivity index (χ2v) is 6.60. The third kappa shape index (κ3) is 3.62. The molecule has 0 saturated carbocycles. The van der Waals surface area contributed by atoms with Crippen molar-refractivity contribution in [2.45, 2.75) is 13.0 Å². The molecule has 8 heteroatoms. The third-order valence-electron chi connectivity index (χ3n) is 4.68. The highest BCUT2D eigenvalue weighted by molar-refractivity contribution is 6.08. The zero-order valence-corrected chi connectivity index (χ0v) is 16.2. The van der Waals surface area contributed by atoms with Gasteiger partial charge in [-0.25, -0.2) is 9.48 Å². The summed E-state index contributed by atoms with van der Waals surface area (Å²) in [5.41, 5.74) is 1.59. The van der Waals surface area contributed by atoms with Gasteiger partial charge in [-0.15, -0.1) is 0 Å². The molecule has 0 fully saturated rings. The second kappa shape index (κ2) is 8.12. The molecule has 8 nitrogen and oxygen atoms in total. The predicted molar refractivity (Wildman–Crippen MR) is 112 cm³/mol. The maximum absolute atomic E-state index is 12.8. The van der Waals surface area contributed by atoms with E-state index in [0.29, 0.717) is 23.9 Å². The highest BCUT2D eigenvalue weighted by Crippen LogP contribution is 2.36.